The Morgan fingerprint density at radius 2 is 1.94 bits per heavy atom. The molecule has 3 nitrogen and oxygen atoms in total. The summed E-state index contributed by atoms with van der Waals surface area (Å²) >= 11 is 4.88. The van der Waals surface area contributed by atoms with Gasteiger partial charge in [-0.2, -0.15) is 0 Å². The van der Waals surface area contributed by atoms with Gasteiger partial charge in [0.05, 0.1) is 0 Å². The minimum atomic E-state index is 0.825. The monoisotopic (exact) mass is 303 g/mol. The van der Waals surface area contributed by atoms with Crippen LogP contribution in [0.5, 0.6) is 0 Å². The number of rotatable bonds is 4. The number of hydrogen-bond donors (Lipinski definition) is 1. The van der Waals surface area contributed by atoms with E-state index in [1.54, 1.807) is 11.3 Å². The fourth-order valence-corrected chi connectivity index (χ4v) is 3.37. The van der Waals surface area contributed by atoms with Gasteiger partial charge in [0, 0.05) is 6.54 Å². The second-order valence-corrected chi connectivity index (χ2v) is 6.79. The van der Waals surface area contributed by atoms with E-state index in [9.17, 15) is 0 Å². The minimum absolute atomic E-state index is 0.825. The maximum absolute atomic E-state index is 4.04. The van der Waals surface area contributed by atoms with E-state index in [1.807, 2.05) is 0 Å². The van der Waals surface area contributed by atoms with E-state index in [2.05, 4.69) is 38.4 Å². The summed E-state index contributed by atoms with van der Waals surface area (Å²) in [5.74, 6) is 1.80. The van der Waals surface area contributed by atoms with Gasteiger partial charge in [0.25, 0.3) is 0 Å². The summed E-state index contributed by atoms with van der Waals surface area (Å²) in [4.78, 5) is 0. The molecule has 1 N–H and O–H groups in total. The molecule has 0 unspecified atom stereocenters. The number of aromatic nitrogens is 2. The molecule has 5 heteroatoms. The van der Waals surface area contributed by atoms with Gasteiger partial charge in [-0.3, -0.25) is 0 Å². The van der Waals surface area contributed by atoms with Crippen LogP contribution in [0.1, 0.15) is 39.0 Å². The molecule has 0 bridgehead atoms. The van der Waals surface area contributed by atoms with E-state index in [0.29, 0.717) is 0 Å². The zero-order chi connectivity index (χ0) is 11.4. The zero-order valence-corrected chi connectivity index (χ0v) is 12.0. The summed E-state index contributed by atoms with van der Waals surface area (Å²) in [5.41, 5.74) is 0. The quantitative estimate of drug-likeness (QED) is 0.916. The number of anilines is 1. The Labute approximate surface area is 109 Å². The molecule has 1 aliphatic carbocycles. The normalized spacial score (nSPS) is 25.6. The van der Waals surface area contributed by atoms with Gasteiger partial charge in [0.2, 0.25) is 5.13 Å². The maximum Gasteiger partial charge on any atom is 0.206 e. The molecular weight excluding hydrogens is 286 g/mol. The van der Waals surface area contributed by atoms with Crippen LogP contribution < -0.4 is 5.32 Å². The van der Waals surface area contributed by atoms with Gasteiger partial charge in [-0.15, -0.1) is 10.2 Å². The van der Waals surface area contributed by atoms with Crippen LogP contribution in [0, 0.1) is 11.8 Å². The lowest BCUT2D eigenvalue weighted by atomic mass is 9.81. The molecule has 16 heavy (non-hydrogen) atoms. The highest BCUT2D eigenvalue weighted by Crippen LogP contribution is 2.31. The Morgan fingerprint density at radius 1 is 1.25 bits per heavy atom. The second kappa shape index (κ2) is 5.96. The van der Waals surface area contributed by atoms with Crippen molar-refractivity contribution in [1.29, 1.82) is 0 Å². The third-order valence-electron chi connectivity index (χ3n) is 3.49. The molecule has 1 aliphatic rings. The average molecular weight is 304 g/mol. The summed E-state index contributed by atoms with van der Waals surface area (Å²) in [6.45, 7) is 3.36. The summed E-state index contributed by atoms with van der Waals surface area (Å²) in [7, 11) is 0. The molecule has 0 atom stereocenters. The van der Waals surface area contributed by atoms with Gasteiger partial charge < -0.3 is 5.32 Å². The van der Waals surface area contributed by atoms with Crippen molar-refractivity contribution in [3.63, 3.8) is 0 Å². The van der Waals surface area contributed by atoms with E-state index < -0.39 is 0 Å². The number of hydrogen-bond acceptors (Lipinski definition) is 4. The van der Waals surface area contributed by atoms with Crippen LogP contribution in [-0.4, -0.2) is 16.7 Å². The molecule has 0 saturated heterocycles. The van der Waals surface area contributed by atoms with Crippen LogP contribution >= 0.6 is 27.3 Å². The Kier molecular flexibility index (Phi) is 4.58. The molecule has 90 valence electrons. The standard InChI is InChI=1S/C11H18BrN3S/c1-2-8-3-5-9(6-4-8)7-13-11-15-14-10(12)16-11/h8-9H,2-7H2,1H3,(H,13,15). The van der Waals surface area contributed by atoms with Crippen molar-refractivity contribution in [3.05, 3.63) is 3.92 Å². The van der Waals surface area contributed by atoms with Crippen LogP contribution in [0.4, 0.5) is 5.13 Å². The molecule has 1 heterocycles. The molecule has 0 aromatic carbocycles. The van der Waals surface area contributed by atoms with Gasteiger partial charge >= 0.3 is 0 Å². The summed E-state index contributed by atoms with van der Waals surface area (Å²) in [5, 5.41) is 12.3. The van der Waals surface area contributed by atoms with Gasteiger partial charge in [-0.05, 0) is 40.6 Å². The van der Waals surface area contributed by atoms with Gasteiger partial charge in [-0.25, -0.2) is 0 Å². The number of halogens is 1. The van der Waals surface area contributed by atoms with Crippen LogP contribution in [0.25, 0.3) is 0 Å². The Bertz CT molecular complexity index is 321. The first-order valence-electron chi connectivity index (χ1n) is 6.00. The van der Waals surface area contributed by atoms with Crippen molar-refractivity contribution in [2.75, 3.05) is 11.9 Å². The largest absolute Gasteiger partial charge is 0.360 e. The lowest BCUT2D eigenvalue weighted by Gasteiger charge is -2.27. The van der Waals surface area contributed by atoms with Crippen molar-refractivity contribution in [2.45, 2.75) is 39.0 Å². The third-order valence-corrected chi connectivity index (χ3v) is 4.80. The zero-order valence-electron chi connectivity index (χ0n) is 9.58. The molecule has 0 radical (unpaired) electrons. The first kappa shape index (κ1) is 12.3. The SMILES string of the molecule is CCC1CCC(CNc2nnc(Br)s2)CC1. The first-order valence-corrected chi connectivity index (χ1v) is 7.61. The highest BCUT2D eigenvalue weighted by atomic mass is 79.9. The fraction of sp³-hybridized carbons (Fsp3) is 0.818. The van der Waals surface area contributed by atoms with Crippen molar-refractivity contribution in [2.24, 2.45) is 11.8 Å². The van der Waals surface area contributed by atoms with Crippen LogP contribution in [0.15, 0.2) is 3.92 Å². The van der Waals surface area contributed by atoms with E-state index in [4.69, 9.17) is 0 Å². The predicted molar refractivity (Wildman–Crippen MR) is 71.8 cm³/mol. The second-order valence-electron chi connectivity index (χ2n) is 4.54. The highest BCUT2D eigenvalue weighted by molar-refractivity contribution is 9.11. The Hall–Kier alpha value is -0.160. The van der Waals surface area contributed by atoms with Gasteiger partial charge in [0.15, 0.2) is 3.92 Å². The lowest BCUT2D eigenvalue weighted by molar-refractivity contribution is 0.278. The molecule has 0 aliphatic heterocycles. The molecule has 0 spiro atoms. The molecule has 1 aromatic heterocycles. The van der Waals surface area contributed by atoms with Crippen molar-refractivity contribution >= 4 is 32.4 Å². The minimum Gasteiger partial charge on any atom is -0.360 e. The number of nitrogens with zero attached hydrogens (tertiary/aromatic N) is 2. The summed E-state index contributed by atoms with van der Waals surface area (Å²) in [6, 6.07) is 0. The molecule has 1 fully saturated rings. The highest BCUT2D eigenvalue weighted by Gasteiger charge is 2.19. The van der Waals surface area contributed by atoms with Crippen molar-refractivity contribution < 1.29 is 0 Å². The first-order chi connectivity index (χ1) is 7.78. The third kappa shape index (κ3) is 3.42. The van der Waals surface area contributed by atoms with E-state index in [1.165, 1.54) is 32.1 Å². The van der Waals surface area contributed by atoms with Crippen molar-refractivity contribution in [1.82, 2.24) is 10.2 Å². The van der Waals surface area contributed by atoms with E-state index >= 15 is 0 Å². The van der Waals surface area contributed by atoms with Gasteiger partial charge in [-0.1, -0.05) is 37.5 Å². The topological polar surface area (TPSA) is 37.8 Å². The maximum atomic E-state index is 4.04. The Morgan fingerprint density at radius 3 is 2.50 bits per heavy atom. The van der Waals surface area contributed by atoms with E-state index in [-0.39, 0.29) is 0 Å². The van der Waals surface area contributed by atoms with Crippen LogP contribution in [0.2, 0.25) is 0 Å². The number of nitrogens with one attached hydrogen (secondary N) is 1. The average Bonchev–Trinajstić information content (AvgIpc) is 2.73. The molecule has 1 saturated carbocycles. The van der Waals surface area contributed by atoms with E-state index in [0.717, 1.165) is 27.4 Å². The van der Waals surface area contributed by atoms with Crippen molar-refractivity contribution in [3.8, 4) is 0 Å². The summed E-state index contributed by atoms with van der Waals surface area (Å²) < 4.78 is 0.852. The summed E-state index contributed by atoms with van der Waals surface area (Å²) in [6.07, 6.45) is 6.89. The smallest absolute Gasteiger partial charge is 0.206 e. The van der Waals surface area contributed by atoms with Crippen LogP contribution in [-0.2, 0) is 0 Å². The molecule has 1 aromatic rings. The molecule has 2 rings (SSSR count). The predicted octanol–water partition coefficient (Wildman–Crippen LogP) is 3.93. The fourth-order valence-electron chi connectivity index (χ4n) is 2.35. The molecular formula is C11H18BrN3S. The lowest BCUT2D eigenvalue weighted by Crippen LogP contribution is -2.20. The van der Waals surface area contributed by atoms with Crippen LogP contribution in [0.3, 0.4) is 0 Å². The molecule has 0 amide bonds. The van der Waals surface area contributed by atoms with Gasteiger partial charge in [0.1, 0.15) is 0 Å². The Balaban J connectivity index is 1.71.